The largest absolute Gasteiger partial charge is 1.00 e. The molecule has 0 radical (unpaired) electrons. The van der Waals surface area contributed by atoms with Crippen LogP contribution in [0.15, 0.2) is 71.1 Å². The van der Waals surface area contributed by atoms with Crippen LogP contribution in [0.3, 0.4) is 0 Å². The van der Waals surface area contributed by atoms with E-state index < -0.39 is 0 Å². The molecule has 0 atom stereocenters. The number of ether oxygens (including phenoxy) is 2. The maximum absolute atomic E-state index is 6.30. The Balaban J connectivity index is 0.00000196. The summed E-state index contributed by atoms with van der Waals surface area (Å²) in [4.78, 5) is 0. The maximum atomic E-state index is 6.30. The van der Waals surface area contributed by atoms with Gasteiger partial charge in [0.05, 0.1) is 30.7 Å². The van der Waals surface area contributed by atoms with E-state index in [1.54, 1.807) is 7.11 Å². The van der Waals surface area contributed by atoms with Gasteiger partial charge in [0.15, 0.2) is 0 Å². The highest BCUT2D eigenvalue weighted by Gasteiger charge is 2.22. The van der Waals surface area contributed by atoms with E-state index in [9.17, 15) is 0 Å². The molecule has 0 aliphatic heterocycles. The number of benzene rings is 3. The Hall–Kier alpha value is -2.78. The zero-order valence-corrected chi connectivity index (χ0v) is 15.4. The lowest BCUT2D eigenvalue weighted by molar-refractivity contribution is -0.00000623. The molecule has 0 spiro atoms. The zero-order valence-electron chi connectivity index (χ0n) is 14.7. The van der Waals surface area contributed by atoms with Gasteiger partial charge in [0.25, 0.3) is 0 Å². The minimum absolute atomic E-state index is 0. The van der Waals surface area contributed by atoms with E-state index in [1.165, 1.54) is 0 Å². The first-order chi connectivity index (χ1) is 12.3. The number of rotatable bonds is 4. The van der Waals surface area contributed by atoms with Gasteiger partial charge in [-0.2, -0.15) is 0 Å². The van der Waals surface area contributed by atoms with Crippen molar-refractivity contribution < 1.29 is 26.3 Å². The monoisotopic (exact) mass is 366 g/mol. The smallest absolute Gasteiger partial charge is 0.372 e. The molecule has 3 nitrogen and oxygen atoms in total. The Morgan fingerprint density at radius 1 is 0.885 bits per heavy atom. The fourth-order valence-corrected chi connectivity index (χ4v) is 3.06. The average Bonchev–Trinajstić information content (AvgIpc) is 2.68. The van der Waals surface area contributed by atoms with Crippen LogP contribution >= 0.6 is 0 Å². The predicted molar refractivity (Wildman–Crippen MR) is 101 cm³/mol. The van der Waals surface area contributed by atoms with Gasteiger partial charge in [-0.1, -0.05) is 24.3 Å². The van der Waals surface area contributed by atoms with Crippen molar-refractivity contribution >= 4 is 21.7 Å². The Bertz CT molecular complexity index is 1040. The van der Waals surface area contributed by atoms with Gasteiger partial charge < -0.3 is 21.9 Å². The number of hydrogen-bond acceptors (Lipinski definition) is 2. The highest BCUT2D eigenvalue weighted by atomic mass is 35.5. The van der Waals surface area contributed by atoms with Crippen molar-refractivity contribution in [3.05, 3.63) is 66.7 Å². The van der Waals surface area contributed by atoms with Crippen molar-refractivity contribution in [2.45, 2.75) is 6.92 Å². The number of hydrogen-bond donors (Lipinski definition) is 0. The summed E-state index contributed by atoms with van der Waals surface area (Å²) in [6.45, 7) is 2.60. The van der Waals surface area contributed by atoms with Crippen molar-refractivity contribution in [1.29, 1.82) is 0 Å². The van der Waals surface area contributed by atoms with Crippen molar-refractivity contribution in [2.75, 3.05) is 13.7 Å². The molecule has 1 aromatic heterocycles. The normalized spacial score (nSPS) is 10.5. The van der Waals surface area contributed by atoms with Crippen molar-refractivity contribution in [2.24, 2.45) is 0 Å². The lowest BCUT2D eigenvalue weighted by Crippen LogP contribution is -3.00. The third-order valence-electron chi connectivity index (χ3n) is 4.29. The lowest BCUT2D eigenvalue weighted by Gasteiger charge is -2.05. The molecular weight excluding hydrogens is 348 g/mol. The lowest BCUT2D eigenvalue weighted by atomic mass is 10.1. The molecule has 4 rings (SSSR count). The molecule has 3 aromatic carbocycles. The van der Waals surface area contributed by atoms with E-state index in [4.69, 9.17) is 13.9 Å². The van der Waals surface area contributed by atoms with Crippen LogP contribution in [0.4, 0.5) is 0 Å². The Kier molecular flexibility index (Phi) is 5.29. The molecule has 0 N–H and O–H groups in total. The van der Waals surface area contributed by atoms with Crippen LogP contribution in [-0.4, -0.2) is 13.7 Å². The number of methoxy groups -OCH3 is 1. The van der Waals surface area contributed by atoms with Gasteiger partial charge in [0.2, 0.25) is 0 Å². The number of halogens is 1. The topological polar surface area (TPSA) is 29.8 Å². The Morgan fingerprint density at radius 3 is 2.38 bits per heavy atom. The van der Waals surface area contributed by atoms with Gasteiger partial charge in [0.1, 0.15) is 16.9 Å². The Labute approximate surface area is 158 Å². The minimum atomic E-state index is 0. The highest BCUT2D eigenvalue weighted by Crippen LogP contribution is 2.36. The van der Waals surface area contributed by atoms with Crippen molar-refractivity contribution in [3.8, 4) is 22.8 Å². The summed E-state index contributed by atoms with van der Waals surface area (Å²) in [5, 5.41) is 3.21. The summed E-state index contributed by atoms with van der Waals surface area (Å²) < 4.78 is 17.4. The second-order valence-electron chi connectivity index (χ2n) is 5.80. The molecule has 132 valence electrons. The van der Waals surface area contributed by atoms with E-state index in [0.29, 0.717) is 6.61 Å². The maximum Gasteiger partial charge on any atom is 0.372 e. The van der Waals surface area contributed by atoms with Crippen LogP contribution in [0.5, 0.6) is 11.5 Å². The molecule has 0 unspecified atom stereocenters. The highest BCUT2D eigenvalue weighted by molar-refractivity contribution is 6.06. The van der Waals surface area contributed by atoms with E-state index in [1.807, 2.05) is 49.4 Å². The Morgan fingerprint density at radius 2 is 1.65 bits per heavy atom. The third-order valence-corrected chi connectivity index (χ3v) is 4.29. The standard InChI is InChI=1S/C22H19O3.ClH/c1-3-24-21-14-20(16-8-11-17(23-2)12-9-16)25-22-18-7-5-4-6-15(18)10-13-19(21)22;/h4-14H,3H2,1-2H3;1H/q+1;/p-1. The van der Waals surface area contributed by atoms with Crippen molar-refractivity contribution in [1.82, 2.24) is 0 Å². The van der Waals surface area contributed by atoms with E-state index in [-0.39, 0.29) is 12.4 Å². The van der Waals surface area contributed by atoms with Crippen LogP contribution in [0, 0.1) is 0 Å². The van der Waals surface area contributed by atoms with Crippen LogP contribution in [0.2, 0.25) is 0 Å². The first kappa shape index (κ1) is 18.0. The summed E-state index contributed by atoms with van der Waals surface area (Å²) in [5.41, 5.74) is 1.83. The van der Waals surface area contributed by atoms with Gasteiger partial charge >= 0.3 is 11.3 Å². The van der Waals surface area contributed by atoms with Gasteiger partial charge in [0, 0.05) is 0 Å². The summed E-state index contributed by atoms with van der Waals surface area (Å²) in [6.07, 6.45) is 0. The van der Waals surface area contributed by atoms with Gasteiger partial charge in [-0.3, -0.25) is 0 Å². The second kappa shape index (κ2) is 7.63. The summed E-state index contributed by atoms with van der Waals surface area (Å²) >= 11 is 0. The quantitative estimate of drug-likeness (QED) is 0.411. The first-order valence-corrected chi connectivity index (χ1v) is 8.36. The summed E-state index contributed by atoms with van der Waals surface area (Å²) in [5.74, 6) is 2.43. The van der Waals surface area contributed by atoms with Crippen LogP contribution in [-0.2, 0) is 0 Å². The van der Waals surface area contributed by atoms with Gasteiger partial charge in [-0.15, -0.1) is 0 Å². The molecule has 0 aliphatic carbocycles. The third kappa shape index (κ3) is 3.18. The fourth-order valence-electron chi connectivity index (χ4n) is 3.06. The fraction of sp³-hybridized carbons (Fsp3) is 0.136. The summed E-state index contributed by atoms with van der Waals surface area (Å²) in [6, 6.07) is 22.2. The number of fused-ring (bicyclic) bond motifs is 3. The molecule has 1 heterocycles. The van der Waals surface area contributed by atoms with Crippen LogP contribution in [0.25, 0.3) is 33.1 Å². The molecule has 26 heavy (non-hydrogen) atoms. The van der Waals surface area contributed by atoms with Gasteiger partial charge in [-0.25, -0.2) is 4.42 Å². The zero-order chi connectivity index (χ0) is 17.2. The van der Waals surface area contributed by atoms with Crippen LogP contribution in [0.1, 0.15) is 6.92 Å². The molecule has 0 aliphatic rings. The molecule has 0 amide bonds. The van der Waals surface area contributed by atoms with E-state index in [2.05, 4.69) is 24.3 Å². The molecule has 0 saturated heterocycles. The molecule has 4 aromatic rings. The molecule has 0 bridgehead atoms. The van der Waals surface area contributed by atoms with E-state index in [0.717, 1.165) is 44.6 Å². The molecule has 0 fully saturated rings. The van der Waals surface area contributed by atoms with E-state index >= 15 is 0 Å². The first-order valence-electron chi connectivity index (χ1n) is 8.36. The predicted octanol–water partition coefficient (Wildman–Crippen LogP) is 2.95. The average molecular weight is 367 g/mol. The van der Waals surface area contributed by atoms with Crippen LogP contribution < -0.4 is 21.9 Å². The molecule has 4 heteroatoms. The molecule has 0 saturated carbocycles. The van der Waals surface area contributed by atoms with Gasteiger partial charge in [-0.05, 0) is 48.7 Å². The summed E-state index contributed by atoms with van der Waals surface area (Å²) in [7, 11) is 1.66. The minimum Gasteiger partial charge on any atom is -1.00 e. The van der Waals surface area contributed by atoms with Crippen molar-refractivity contribution in [3.63, 3.8) is 0 Å². The second-order valence-corrected chi connectivity index (χ2v) is 5.80. The molecular formula is C22H19ClO3. The SMILES string of the molecule is CCOc1cc(-c2ccc(OC)cc2)[o+]c2c1ccc1ccccc12.[Cl-].